The third kappa shape index (κ3) is 5.45. The summed E-state index contributed by atoms with van der Waals surface area (Å²) in [5.41, 5.74) is 0.471. The number of hydrogen-bond donors (Lipinski definition) is 2. The summed E-state index contributed by atoms with van der Waals surface area (Å²) in [5, 5.41) is 2.72. The Balaban J connectivity index is 2.03. The van der Waals surface area contributed by atoms with Gasteiger partial charge in [0, 0.05) is 0 Å². The number of rotatable bonds is 7. The van der Waals surface area contributed by atoms with Crippen molar-refractivity contribution in [3.8, 4) is 5.75 Å². The molecule has 6 nitrogen and oxygen atoms in total. The third-order valence-electron chi connectivity index (χ3n) is 3.07. The number of amides is 1. The number of anilines is 1. The van der Waals surface area contributed by atoms with Crippen LogP contribution in [0.1, 0.15) is 13.8 Å². The second kappa shape index (κ2) is 8.33. The minimum Gasteiger partial charge on any atom is -0.489 e. The second-order valence-corrected chi connectivity index (χ2v) is 7.61. The molecule has 0 aliphatic carbocycles. The van der Waals surface area contributed by atoms with Crippen LogP contribution in [-0.4, -0.2) is 27.0 Å². The van der Waals surface area contributed by atoms with E-state index in [9.17, 15) is 13.2 Å². The molecule has 1 amide bonds. The highest BCUT2D eigenvalue weighted by Gasteiger charge is 2.18. The van der Waals surface area contributed by atoms with Crippen molar-refractivity contribution < 1.29 is 17.9 Å². The third-order valence-corrected chi connectivity index (χ3v) is 4.97. The van der Waals surface area contributed by atoms with Crippen LogP contribution in [-0.2, 0) is 14.8 Å². The molecule has 0 bridgehead atoms. The normalized spacial score (nSPS) is 11.4. The lowest BCUT2D eigenvalue weighted by atomic mass is 10.3. The van der Waals surface area contributed by atoms with E-state index in [0.29, 0.717) is 11.4 Å². The van der Waals surface area contributed by atoms with Gasteiger partial charge in [0.2, 0.25) is 15.9 Å². The number of benzene rings is 2. The van der Waals surface area contributed by atoms with E-state index in [-0.39, 0.29) is 16.0 Å². The molecule has 2 aromatic rings. The van der Waals surface area contributed by atoms with E-state index in [4.69, 9.17) is 16.3 Å². The fourth-order valence-corrected chi connectivity index (χ4v) is 3.52. The van der Waals surface area contributed by atoms with Crippen LogP contribution in [0.3, 0.4) is 0 Å². The van der Waals surface area contributed by atoms with Crippen molar-refractivity contribution in [2.24, 2.45) is 0 Å². The molecule has 0 atom stereocenters. The lowest BCUT2D eigenvalue weighted by Gasteiger charge is -2.15. The predicted octanol–water partition coefficient (Wildman–Crippen LogP) is 3.04. The van der Waals surface area contributed by atoms with Crippen molar-refractivity contribution in [3.05, 3.63) is 53.6 Å². The Hall–Kier alpha value is -2.09. The van der Waals surface area contributed by atoms with Crippen molar-refractivity contribution in [3.63, 3.8) is 0 Å². The highest BCUT2D eigenvalue weighted by atomic mass is 35.5. The van der Waals surface area contributed by atoms with Crippen LogP contribution in [0, 0.1) is 0 Å². The molecule has 25 heavy (non-hydrogen) atoms. The number of ether oxygens (including phenoxy) is 1. The standard InChI is InChI=1S/C17H19ClN2O4S/c1-12(2)24-15-9-5-4-8-14(15)20-17(21)11-19-25(22,23)16-10-6-3-7-13(16)18/h3-10,12,19H,11H2,1-2H3,(H,20,21). The monoisotopic (exact) mass is 382 g/mol. The van der Waals surface area contributed by atoms with E-state index in [1.165, 1.54) is 12.1 Å². The maximum atomic E-state index is 12.2. The van der Waals surface area contributed by atoms with Crippen LogP contribution in [0.5, 0.6) is 5.75 Å². The highest BCUT2D eigenvalue weighted by Crippen LogP contribution is 2.25. The average molecular weight is 383 g/mol. The van der Waals surface area contributed by atoms with E-state index < -0.39 is 22.5 Å². The number of halogens is 1. The molecule has 0 aliphatic heterocycles. The summed E-state index contributed by atoms with van der Waals surface area (Å²) in [6, 6.07) is 13.0. The number of nitrogens with one attached hydrogen (secondary N) is 2. The van der Waals surface area contributed by atoms with Crippen molar-refractivity contribution in [1.82, 2.24) is 4.72 Å². The minimum absolute atomic E-state index is 0.0585. The second-order valence-electron chi connectivity index (χ2n) is 5.47. The molecular formula is C17H19ClN2O4S. The van der Waals surface area contributed by atoms with Crippen LogP contribution < -0.4 is 14.8 Å². The molecule has 0 fully saturated rings. The molecule has 0 saturated heterocycles. The molecule has 0 unspecified atom stereocenters. The van der Waals surface area contributed by atoms with Gasteiger partial charge in [-0.3, -0.25) is 4.79 Å². The van der Waals surface area contributed by atoms with E-state index in [0.717, 1.165) is 0 Å². The van der Waals surface area contributed by atoms with Crippen molar-refractivity contribution in [1.29, 1.82) is 0 Å². The molecule has 0 heterocycles. The summed E-state index contributed by atoms with van der Waals surface area (Å²) in [6.07, 6.45) is -0.0585. The maximum absolute atomic E-state index is 12.2. The smallest absolute Gasteiger partial charge is 0.242 e. The fraction of sp³-hybridized carbons (Fsp3) is 0.235. The molecule has 8 heteroatoms. The number of sulfonamides is 1. The van der Waals surface area contributed by atoms with Gasteiger partial charge in [0.25, 0.3) is 0 Å². The Labute approximate surface area is 152 Å². The summed E-state index contributed by atoms with van der Waals surface area (Å²) < 4.78 is 32.3. The molecule has 0 saturated carbocycles. The quantitative estimate of drug-likeness (QED) is 0.770. The van der Waals surface area contributed by atoms with Crippen LogP contribution in [0.4, 0.5) is 5.69 Å². The van der Waals surface area contributed by atoms with Crippen molar-refractivity contribution in [2.75, 3.05) is 11.9 Å². The SMILES string of the molecule is CC(C)Oc1ccccc1NC(=O)CNS(=O)(=O)c1ccccc1Cl. The van der Waals surface area contributed by atoms with Crippen LogP contribution >= 0.6 is 11.6 Å². The lowest BCUT2D eigenvalue weighted by molar-refractivity contribution is -0.115. The van der Waals surface area contributed by atoms with E-state index in [1.807, 2.05) is 13.8 Å². The first-order valence-electron chi connectivity index (χ1n) is 7.59. The largest absolute Gasteiger partial charge is 0.489 e. The van der Waals surface area contributed by atoms with Crippen LogP contribution in [0.2, 0.25) is 5.02 Å². The van der Waals surface area contributed by atoms with Gasteiger partial charge in [-0.15, -0.1) is 0 Å². The molecule has 0 spiro atoms. The summed E-state index contributed by atoms with van der Waals surface area (Å²) in [6.45, 7) is 3.32. The number of carbonyl (C=O) groups excluding carboxylic acids is 1. The summed E-state index contributed by atoms with van der Waals surface area (Å²) >= 11 is 5.89. The zero-order valence-electron chi connectivity index (χ0n) is 13.8. The van der Waals surface area contributed by atoms with Crippen LogP contribution in [0.25, 0.3) is 0 Å². The van der Waals surface area contributed by atoms with Gasteiger partial charge < -0.3 is 10.1 Å². The molecule has 2 N–H and O–H groups in total. The molecule has 0 aliphatic rings. The first-order valence-corrected chi connectivity index (χ1v) is 9.45. The van der Waals surface area contributed by atoms with Gasteiger partial charge in [0.15, 0.2) is 0 Å². The van der Waals surface area contributed by atoms with E-state index in [1.54, 1.807) is 36.4 Å². The van der Waals surface area contributed by atoms with Gasteiger partial charge in [0.1, 0.15) is 10.6 Å². The zero-order valence-corrected chi connectivity index (χ0v) is 15.4. The van der Waals surface area contributed by atoms with E-state index >= 15 is 0 Å². The highest BCUT2D eigenvalue weighted by molar-refractivity contribution is 7.89. The van der Waals surface area contributed by atoms with E-state index in [2.05, 4.69) is 10.0 Å². The molecule has 0 radical (unpaired) electrons. The predicted molar refractivity (Wildman–Crippen MR) is 97.5 cm³/mol. The van der Waals surface area contributed by atoms with Gasteiger partial charge in [-0.2, -0.15) is 0 Å². The Bertz CT molecular complexity index is 853. The molecular weight excluding hydrogens is 364 g/mol. The average Bonchev–Trinajstić information content (AvgIpc) is 2.55. The summed E-state index contributed by atoms with van der Waals surface area (Å²) in [7, 11) is -3.88. The zero-order chi connectivity index (χ0) is 18.4. The van der Waals surface area contributed by atoms with Gasteiger partial charge in [-0.25, -0.2) is 13.1 Å². The Kier molecular flexibility index (Phi) is 6.41. The van der Waals surface area contributed by atoms with Gasteiger partial charge >= 0.3 is 0 Å². The Morgan fingerprint density at radius 3 is 2.44 bits per heavy atom. The molecule has 0 aromatic heterocycles. The first kappa shape index (κ1) is 19.2. The molecule has 2 aromatic carbocycles. The van der Waals surface area contributed by atoms with Gasteiger partial charge in [-0.05, 0) is 38.1 Å². The fourth-order valence-electron chi connectivity index (χ4n) is 2.02. The topological polar surface area (TPSA) is 84.5 Å². The summed E-state index contributed by atoms with van der Waals surface area (Å²) in [4.78, 5) is 12.0. The lowest BCUT2D eigenvalue weighted by Crippen LogP contribution is -2.33. The maximum Gasteiger partial charge on any atom is 0.242 e. The Morgan fingerprint density at radius 1 is 1.12 bits per heavy atom. The Morgan fingerprint density at radius 2 is 1.76 bits per heavy atom. The molecule has 134 valence electrons. The summed E-state index contributed by atoms with van der Waals surface area (Å²) in [5.74, 6) is -0.00440. The van der Waals surface area contributed by atoms with Gasteiger partial charge in [0.05, 0.1) is 23.4 Å². The van der Waals surface area contributed by atoms with Gasteiger partial charge in [-0.1, -0.05) is 35.9 Å². The molecule has 2 rings (SSSR count). The number of para-hydroxylation sites is 2. The van der Waals surface area contributed by atoms with Crippen molar-refractivity contribution >= 4 is 33.2 Å². The van der Waals surface area contributed by atoms with Crippen molar-refractivity contribution in [2.45, 2.75) is 24.8 Å². The number of hydrogen-bond acceptors (Lipinski definition) is 4. The minimum atomic E-state index is -3.88. The van der Waals surface area contributed by atoms with Crippen LogP contribution in [0.15, 0.2) is 53.4 Å². The number of carbonyl (C=O) groups is 1. The first-order chi connectivity index (χ1) is 11.8.